The first-order chi connectivity index (χ1) is 8.94. The SMILES string of the molecule is NS(=O)(=O)Cc1ccc(NCc2occc2Br)cc1. The molecule has 0 fully saturated rings. The Labute approximate surface area is 120 Å². The zero-order chi connectivity index (χ0) is 13.9. The fourth-order valence-corrected chi connectivity index (χ4v) is 2.58. The second-order valence-corrected chi connectivity index (χ2v) is 6.52. The number of rotatable bonds is 5. The van der Waals surface area contributed by atoms with E-state index in [2.05, 4.69) is 21.2 Å². The number of nitrogens with two attached hydrogens (primary N) is 1. The van der Waals surface area contributed by atoms with Crippen LogP contribution < -0.4 is 10.5 Å². The highest BCUT2D eigenvalue weighted by atomic mass is 79.9. The zero-order valence-corrected chi connectivity index (χ0v) is 12.4. The lowest BCUT2D eigenvalue weighted by Crippen LogP contribution is -2.14. The van der Waals surface area contributed by atoms with Crippen molar-refractivity contribution in [3.63, 3.8) is 0 Å². The first-order valence-electron chi connectivity index (χ1n) is 5.49. The van der Waals surface area contributed by atoms with Crippen LogP contribution in [-0.2, 0) is 22.3 Å². The maximum absolute atomic E-state index is 10.9. The van der Waals surface area contributed by atoms with Gasteiger partial charge in [-0.25, -0.2) is 13.6 Å². The van der Waals surface area contributed by atoms with Gasteiger partial charge in [-0.05, 0) is 39.7 Å². The molecule has 102 valence electrons. The second-order valence-electron chi connectivity index (χ2n) is 4.05. The summed E-state index contributed by atoms with van der Waals surface area (Å²) in [6.45, 7) is 0.544. The first-order valence-corrected chi connectivity index (χ1v) is 8.00. The molecule has 1 aromatic carbocycles. The van der Waals surface area contributed by atoms with Crippen LogP contribution in [0.1, 0.15) is 11.3 Å². The highest BCUT2D eigenvalue weighted by Gasteiger charge is 2.05. The highest BCUT2D eigenvalue weighted by molar-refractivity contribution is 9.10. The first kappa shape index (κ1) is 14.1. The molecule has 0 aliphatic heterocycles. The summed E-state index contributed by atoms with van der Waals surface area (Å²) in [4.78, 5) is 0. The number of halogens is 1. The number of benzene rings is 1. The summed E-state index contributed by atoms with van der Waals surface area (Å²) in [7, 11) is -3.48. The Balaban J connectivity index is 1.97. The molecular formula is C12H13BrN2O3S. The molecule has 1 aromatic heterocycles. The van der Waals surface area contributed by atoms with Gasteiger partial charge < -0.3 is 9.73 Å². The summed E-state index contributed by atoms with van der Waals surface area (Å²) >= 11 is 3.37. The molecule has 0 bridgehead atoms. The molecule has 0 aliphatic carbocycles. The van der Waals surface area contributed by atoms with E-state index in [0.29, 0.717) is 12.1 Å². The third kappa shape index (κ3) is 4.38. The van der Waals surface area contributed by atoms with Gasteiger partial charge in [-0.3, -0.25) is 0 Å². The van der Waals surface area contributed by atoms with E-state index in [9.17, 15) is 8.42 Å². The zero-order valence-electron chi connectivity index (χ0n) is 9.97. The van der Waals surface area contributed by atoms with Gasteiger partial charge in [-0.2, -0.15) is 0 Å². The molecule has 0 aliphatic rings. The number of sulfonamides is 1. The van der Waals surface area contributed by atoms with E-state index in [1.807, 2.05) is 6.07 Å². The fraction of sp³-hybridized carbons (Fsp3) is 0.167. The van der Waals surface area contributed by atoms with Crippen LogP contribution in [0.3, 0.4) is 0 Å². The number of hydrogen-bond donors (Lipinski definition) is 2. The normalized spacial score (nSPS) is 11.5. The van der Waals surface area contributed by atoms with Crippen LogP contribution in [0, 0.1) is 0 Å². The largest absolute Gasteiger partial charge is 0.466 e. The average Bonchev–Trinajstić information content (AvgIpc) is 2.72. The van der Waals surface area contributed by atoms with Gasteiger partial charge in [0.2, 0.25) is 10.0 Å². The molecule has 0 amide bonds. The lowest BCUT2D eigenvalue weighted by molar-refractivity contribution is 0.516. The molecule has 0 unspecified atom stereocenters. The van der Waals surface area contributed by atoms with Crippen LogP contribution in [0.15, 0.2) is 45.5 Å². The fourth-order valence-electron chi connectivity index (χ4n) is 1.58. The standard InChI is InChI=1S/C12H13BrN2O3S/c13-11-5-6-18-12(11)7-15-10-3-1-9(2-4-10)8-19(14,16)17/h1-6,15H,7-8H2,(H2,14,16,17). The van der Waals surface area contributed by atoms with Crippen LogP contribution >= 0.6 is 15.9 Å². The number of nitrogens with one attached hydrogen (secondary N) is 1. The monoisotopic (exact) mass is 344 g/mol. The highest BCUT2D eigenvalue weighted by Crippen LogP contribution is 2.19. The van der Waals surface area contributed by atoms with Crippen molar-refractivity contribution in [1.29, 1.82) is 0 Å². The number of anilines is 1. The van der Waals surface area contributed by atoms with Gasteiger partial charge in [0.05, 0.1) is 23.0 Å². The van der Waals surface area contributed by atoms with Gasteiger partial charge >= 0.3 is 0 Å². The topological polar surface area (TPSA) is 85.3 Å². The van der Waals surface area contributed by atoms with Crippen molar-refractivity contribution in [3.05, 3.63) is 52.4 Å². The van der Waals surface area contributed by atoms with Crippen molar-refractivity contribution in [2.24, 2.45) is 5.14 Å². The molecule has 19 heavy (non-hydrogen) atoms. The third-order valence-corrected chi connectivity index (χ3v) is 3.91. The second kappa shape index (κ2) is 5.77. The lowest BCUT2D eigenvalue weighted by atomic mass is 10.2. The van der Waals surface area contributed by atoms with E-state index in [0.717, 1.165) is 15.9 Å². The summed E-state index contributed by atoms with van der Waals surface area (Å²) in [6, 6.07) is 8.88. The van der Waals surface area contributed by atoms with Crippen LogP contribution in [-0.4, -0.2) is 8.42 Å². The predicted octanol–water partition coefficient (Wildman–Crippen LogP) is 2.44. The molecule has 5 nitrogen and oxygen atoms in total. The summed E-state index contributed by atoms with van der Waals surface area (Å²) in [5.41, 5.74) is 1.54. The quantitative estimate of drug-likeness (QED) is 0.872. The Morgan fingerprint density at radius 3 is 2.42 bits per heavy atom. The van der Waals surface area contributed by atoms with Crippen molar-refractivity contribution in [3.8, 4) is 0 Å². The molecule has 7 heteroatoms. The minimum atomic E-state index is -3.48. The molecule has 3 N–H and O–H groups in total. The smallest absolute Gasteiger partial charge is 0.213 e. The maximum Gasteiger partial charge on any atom is 0.213 e. The van der Waals surface area contributed by atoms with Gasteiger partial charge in [0, 0.05) is 5.69 Å². The van der Waals surface area contributed by atoms with E-state index in [1.165, 1.54) is 0 Å². The Morgan fingerprint density at radius 1 is 1.21 bits per heavy atom. The van der Waals surface area contributed by atoms with Gasteiger partial charge in [0.15, 0.2) is 0 Å². The van der Waals surface area contributed by atoms with E-state index in [4.69, 9.17) is 9.56 Å². The van der Waals surface area contributed by atoms with E-state index in [-0.39, 0.29) is 5.75 Å². The minimum absolute atomic E-state index is 0.156. The molecule has 0 saturated carbocycles. The van der Waals surface area contributed by atoms with Gasteiger partial charge in [-0.15, -0.1) is 0 Å². The van der Waals surface area contributed by atoms with Gasteiger partial charge in [0.1, 0.15) is 5.76 Å². The molecule has 2 aromatic rings. The van der Waals surface area contributed by atoms with Crippen LogP contribution in [0.25, 0.3) is 0 Å². The van der Waals surface area contributed by atoms with E-state index >= 15 is 0 Å². The van der Waals surface area contributed by atoms with E-state index < -0.39 is 10.0 Å². The Kier molecular flexibility index (Phi) is 4.28. The lowest BCUT2D eigenvalue weighted by Gasteiger charge is -2.06. The Hall–Kier alpha value is -1.31. The van der Waals surface area contributed by atoms with Crippen LogP contribution in [0.4, 0.5) is 5.69 Å². The molecular weight excluding hydrogens is 332 g/mol. The third-order valence-electron chi connectivity index (χ3n) is 2.47. The van der Waals surface area contributed by atoms with Crippen LogP contribution in [0.5, 0.6) is 0 Å². The van der Waals surface area contributed by atoms with Crippen molar-refractivity contribution in [2.45, 2.75) is 12.3 Å². The van der Waals surface area contributed by atoms with Crippen molar-refractivity contribution < 1.29 is 12.8 Å². The molecule has 0 radical (unpaired) electrons. The molecule has 2 rings (SSSR count). The van der Waals surface area contributed by atoms with Gasteiger partial charge in [0.25, 0.3) is 0 Å². The molecule has 0 atom stereocenters. The van der Waals surface area contributed by atoms with Crippen molar-refractivity contribution in [1.82, 2.24) is 0 Å². The number of furan rings is 1. The summed E-state index contributed by atoms with van der Waals surface area (Å²) < 4.78 is 28.1. The summed E-state index contributed by atoms with van der Waals surface area (Å²) in [5.74, 6) is 0.644. The maximum atomic E-state index is 10.9. The minimum Gasteiger partial charge on any atom is -0.466 e. The summed E-state index contributed by atoms with van der Waals surface area (Å²) in [5, 5.41) is 8.16. The number of primary sulfonamides is 1. The number of hydrogen-bond acceptors (Lipinski definition) is 4. The van der Waals surface area contributed by atoms with E-state index in [1.54, 1.807) is 30.5 Å². The Morgan fingerprint density at radius 2 is 1.89 bits per heavy atom. The van der Waals surface area contributed by atoms with Crippen molar-refractivity contribution in [2.75, 3.05) is 5.32 Å². The molecule has 0 spiro atoms. The predicted molar refractivity (Wildman–Crippen MR) is 77.0 cm³/mol. The summed E-state index contributed by atoms with van der Waals surface area (Å²) in [6.07, 6.45) is 1.61. The molecule has 1 heterocycles. The Bertz CT molecular complexity index is 650. The average molecular weight is 345 g/mol. The van der Waals surface area contributed by atoms with Crippen LogP contribution in [0.2, 0.25) is 0 Å². The molecule has 0 saturated heterocycles. The van der Waals surface area contributed by atoms with Gasteiger partial charge in [-0.1, -0.05) is 12.1 Å². The van der Waals surface area contributed by atoms with Crippen molar-refractivity contribution >= 4 is 31.6 Å².